The maximum absolute atomic E-state index is 5.81. The van der Waals surface area contributed by atoms with Gasteiger partial charge < -0.3 is 14.4 Å². The molecule has 110 valence electrons. The Morgan fingerprint density at radius 2 is 2.10 bits per heavy atom. The molecule has 0 saturated heterocycles. The van der Waals surface area contributed by atoms with Crippen molar-refractivity contribution in [3.63, 3.8) is 0 Å². The number of rotatable bonds is 3. The highest BCUT2D eigenvalue weighted by atomic mass is 79.9. The van der Waals surface area contributed by atoms with E-state index >= 15 is 0 Å². The van der Waals surface area contributed by atoms with Gasteiger partial charge in [-0.15, -0.1) is 0 Å². The number of ether oxygens (including phenoxy) is 2. The molecule has 0 saturated carbocycles. The largest absolute Gasteiger partial charge is 0.497 e. The lowest BCUT2D eigenvalue weighted by Crippen LogP contribution is -2.23. The first kappa shape index (κ1) is 14.3. The van der Waals surface area contributed by atoms with Crippen LogP contribution >= 0.6 is 15.9 Å². The Morgan fingerprint density at radius 3 is 2.95 bits per heavy atom. The van der Waals surface area contributed by atoms with E-state index in [0.29, 0.717) is 0 Å². The molecule has 0 bridgehead atoms. The smallest absolute Gasteiger partial charge is 0.142 e. The van der Waals surface area contributed by atoms with Gasteiger partial charge in [0.1, 0.15) is 11.5 Å². The van der Waals surface area contributed by atoms with Crippen molar-refractivity contribution < 1.29 is 9.47 Å². The average Bonchev–Trinajstić information content (AvgIpc) is 2.72. The summed E-state index contributed by atoms with van der Waals surface area (Å²) in [7, 11) is 1.70. The van der Waals surface area contributed by atoms with Gasteiger partial charge in [-0.3, -0.25) is 0 Å². The second-order valence-corrected chi connectivity index (χ2v) is 5.90. The lowest BCUT2D eigenvalue weighted by atomic mass is 10.1. The van der Waals surface area contributed by atoms with E-state index in [2.05, 4.69) is 39.0 Å². The molecule has 2 aromatic rings. The van der Waals surface area contributed by atoms with Gasteiger partial charge in [-0.25, -0.2) is 0 Å². The summed E-state index contributed by atoms with van der Waals surface area (Å²) in [5, 5.41) is 0. The third kappa shape index (κ3) is 3.16. The van der Waals surface area contributed by atoms with Gasteiger partial charge in [-0.05, 0) is 42.3 Å². The summed E-state index contributed by atoms with van der Waals surface area (Å²) in [6, 6.07) is 14.3. The van der Waals surface area contributed by atoms with E-state index in [9.17, 15) is 0 Å². The van der Waals surface area contributed by atoms with E-state index in [1.165, 1.54) is 5.56 Å². The van der Waals surface area contributed by atoms with Gasteiger partial charge in [0, 0.05) is 17.6 Å². The number of nitrogens with zero attached hydrogens (tertiary/aromatic N) is 1. The van der Waals surface area contributed by atoms with Crippen LogP contribution in [0.15, 0.2) is 46.9 Å². The number of halogens is 1. The van der Waals surface area contributed by atoms with Gasteiger partial charge in [-0.2, -0.15) is 0 Å². The fraction of sp³-hybridized carbons (Fsp3) is 0.294. The Hall–Kier alpha value is -1.68. The summed E-state index contributed by atoms with van der Waals surface area (Å²) >= 11 is 3.63. The summed E-state index contributed by atoms with van der Waals surface area (Å²) in [6.45, 7) is 2.59. The second kappa shape index (κ2) is 6.39. The quantitative estimate of drug-likeness (QED) is 0.828. The lowest BCUT2D eigenvalue weighted by Gasteiger charge is -2.24. The van der Waals surface area contributed by atoms with Gasteiger partial charge >= 0.3 is 0 Å². The maximum atomic E-state index is 5.81. The Bertz CT molecular complexity index is 630. The van der Waals surface area contributed by atoms with Crippen LogP contribution in [0.4, 0.5) is 5.69 Å². The zero-order chi connectivity index (χ0) is 14.7. The number of anilines is 1. The Kier molecular flexibility index (Phi) is 4.34. The zero-order valence-corrected chi connectivity index (χ0v) is 13.6. The van der Waals surface area contributed by atoms with Crippen LogP contribution in [0.25, 0.3) is 0 Å². The summed E-state index contributed by atoms with van der Waals surface area (Å²) < 4.78 is 12.2. The van der Waals surface area contributed by atoms with Gasteiger partial charge in [-0.1, -0.05) is 28.1 Å². The molecule has 0 spiro atoms. The summed E-state index contributed by atoms with van der Waals surface area (Å²) in [6.07, 6.45) is 1.02. The normalized spacial score (nSPS) is 14.1. The molecule has 4 heteroatoms. The van der Waals surface area contributed by atoms with Crippen molar-refractivity contribution >= 4 is 21.6 Å². The first-order chi connectivity index (χ1) is 10.3. The van der Waals surface area contributed by atoms with Crippen LogP contribution in [-0.4, -0.2) is 20.3 Å². The SMILES string of the molecule is COc1ccc(Br)c(CN2CCCOc3ccccc32)c1. The van der Waals surface area contributed by atoms with E-state index in [1.807, 2.05) is 24.3 Å². The number of methoxy groups -OCH3 is 1. The van der Waals surface area contributed by atoms with Crippen molar-refractivity contribution in [2.24, 2.45) is 0 Å². The molecule has 0 amide bonds. The predicted octanol–water partition coefficient (Wildman–Crippen LogP) is 4.25. The highest BCUT2D eigenvalue weighted by Crippen LogP contribution is 2.33. The number of hydrogen-bond acceptors (Lipinski definition) is 3. The molecular weight excluding hydrogens is 330 g/mol. The molecule has 0 aromatic heterocycles. The molecule has 1 heterocycles. The van der Waals surface area contributed by atoms with E-state index in [1.54, 1.807) is 7.11 Å². The molecule has 0 fully saturated rings. The van der Waals surface area contributed by atoms with Gasteiger partial charge in [0.25, 0.3) is 0 Å². The van der Waals surface area contributed by atoms with Crippen molar-refractivity contribution in [1.29, 1.82) is 0 Å². The molecule has 1 aliphatic rings. The minimum atomic E-state index is 0.771. The van der Waals surface area contributed by atoms with Gasteiger partial charge in [0.2, 0.25) is 0 Å². The van der Waals surface area contributed by atoms with Crippen molar-refractivity contribution in [2.45, 2.75) is 13.0 Å². The fourth-order valence-electron chi connectivity index (χ4n) is 2.57. The zero-order valence-electron chi connectivity index (χ0n) is 12.0. The molecule has 0 N–H and O–H groups in total. The Morgan fingerprint density at radius 1 is 1.24 bits per heavy atom. The van der Waals surface area contributed by atoms with Crippen LogP contribution < -0.4 is 14.4 Å². The second-order valence-electron chi connectivity index (χ2n) is 5.05. The summed E-state index contributed by atoms with van der Waals surface area (Å²) in [5.41, 5.74) is 2.37. The maximum Gasteiger partial charge on any atom is 0.142 e. The third-order valence-corrected chi connectivity index (χ3v) is 4.42. The topological polar surface area (TPSA) is 21.7 Å². The fourth-order valence-corrected chi connectivity index (χ4v) is 2.94. The molecule has 3 rings (SSSR count). The van der Waals surface area contributed by atoms with E-state index in [4.69, 9.17) is 9.47 Å². The number of hydrogen-bond donors (Lipinski definition) is 0. The van der Waals surface area contributed by atoms with Gasteiger partial charge in [0.15, 0.2) is 0 Å². The van der Waals surface area contributed by atoms with Crippen LogP contribution in [-0.2, 0) is 6.54 Å². The Labute approximate surface area is 133 Å². The van der Waals surface area contributed by atoms with Crippen molar-refractivity contribution in [2.75, 3.05) is 25.2 Å². The highest BCUT2D eigenvalue weighted by molar-refractivity contribution is 9.10. The van der Waals surface area contributed by atoms with Crippen LogP contribution in [0.3, 0.4) is 0 Å². The molecule has 0 radical (unpaired) electrons. The Balaban J connectivity index is 1.91. The first-order valence-corrected chi connectivity index (χ1v) is 7.86. The van der Waals surface area contributed by atoms with E-state index in [0.717, 1.165) is 47.8 Å². The van der Waals surface area contributed by atoms with Crippen molar-refractivity contribution in [1.82, 2.24) is 0 Å². The van der Waals surface area contributed by atoms with Crippen molar-refractivity contribution in [3.05, 3.63) is 52.5 Å². The molecular formula is C17H18BrNO2. The van der Waals surface area contributed by atoms with Crippen LogP contribution in [0.1, 0.15) is 12.0 Å². The molecule has 0 aliphatic carbocycles. The third-order valence-electron chi connectivity index (χ3n) is 3.65. The van der Waals surface area contributed by atoms with Crippen LogP contribution in [0.5, 0.6) is 11.5 Å². The van der Waals surface area contributed by atoms with Crippen LogP contribution in [0.2, 0.25) is 0 Å². The molecule has 1 aliphatic heterocycles. The van der Waals surface area contributed by atoms with E-state index in [-0.39, 0.29) is 0 Å². The molecule has 3 nitrogen and oxygen atoms in total. The highest BCUT2D eigenvalue weighted by Gasteiger charge is 2.17. The minimum Gasteiger partial charge on any atom is -0.497 e. The number of benzene rings is 2. The van der Waals surface area contributed by atoms with Gasteiger partial charge in [0.05, 0.1) is 19.4 Å². The molecule has 21 heavy (non-hydrogen) atoms. The van der Waals surface area contributed by atoms with E-state index < -0.39 is 0 Å². The monoisotopic (exact) mass is 347 g/mol. The lowest BCUT2D eigenvalue weighted by molar-refractivity contribution is 0.322. The van der Waals surface area contributed by atoms with Crippen LogP contribution in [0, 0.1) is 0 Å². The number of fused-ring (bicyclic) bond motifs is 1. The summed E-state index contributed by atoms with van der Waals surface area (Å²) in [4.78, 5) is 2.36. The predicted molar refractivity (Wildman–Crippen MR) is 88.3 cm³/mol. The number of para-hydroxylation sites is 2. The standard InChI is InChI=1S/C17H18BrNO2/c1-20-14-7-8-15(18)13(11-14)12-19-9-4-10-21-17-6-3-2-5-16(17)19/h2-3,5-8,11H,4,9-10,12H2,1H3. The summed E-state index contributed by atoms with van der Waals surface area (Å²) in [5.74, 6) is 1.85. The molecule has 0 atom stereocenters. The van der Waals surface area contributed by atoms with Crippen molar-refractivity contribution in [3.8, 4) is 11.5 Å². The molecule has 2 aromatic carbocycles. The minimum absolute atomic E-state index is 0.771. The first-order valence-electron chi connectivity index (χ1n) is 7.07. The average molecular weight is 348 g/mol. The molecule has 0 unspecified atom stereocenters.